The molecule has 1 aromatic rings. The van der Waals surface area contributed by atoms with E-state index in [0.717, 1.165) is 5.56 Å². The zero-order valence-corrected chi connectivity index (χ0v) is 8.64. The second kappa shape index (κ2) is 3.37. The molecule has 1 aromatic carbocycles. The van der Waals surface area contributed by atoms with Crippen molar-refractivity contribution in [1.82, 2.24) is 0 Å². The third-order valence-corrected chi connectivity index (χ3v) is 3.44. The highest BCUT2D eigenvalue weighted by molar-refractivity contribution is 5.47. The summed E-state index contributed by atoms with van der Waals surface area (Å²) >= 11 is 0. The summed E-state index contributed by atoms with van der Waals surface area (Å²) in [6, 6.07) is 15.4. The van der Waals surface area contributed by atoms with Gasteiger partial charge in [-0.1, -0.05) is 30.3 Å². The van der Waals surface area contributed by atoms with Gasteiger partial charge in [0.1, 0.15) is 5.41 Å². The van der Waals surface area contributed by atoms with E-state index in [1.165, 1.54) is 0 Å². The van der Waals surface area contributed by atoms with Crippen LogP contribution in [0, 0.1) is 39.4 Å². The number of hydrogen-bond donors (Lipinski definition) is 0. The maximum absolute atomic E-state index is 9.34. The van der Waals surface area contributed by atoms with E-state index in [2.05, 4.69) is 6.07 Å². The van der Waals surface area contributed by atoms with Gasteiger partial charge in [-0.05, 0) is 18.4 Å². The first kappa shape index (κ1) is 10.2. The predicted molar refractivity (Wildman–Crippen MR) is 56.6 cm³/mol. The van der Waals surface area contributed by atoms with Crippen LogP contribution >= 0.6 is 0 Å². The molecule has 1 fully saturated rings. The van der Waals surface area contributed by atoms with Crippen LogP contribution in [-0.2, 0) is 5.41 Å². The molecule has 16 heavy (non-hydrogen) atoms. The first-order valence-corrected chi connectivity index (χ1v) is 5.04. The molecule has 0 saturated heterocycles. The molecule has 1 unspecified atom stereocenters. The fourth-order valence-electron chi connectivity index (χ4n) is 2.28. The van der Waals surface area contributed by atoms with Crippen LogP contribution in [0.1, 0.15) is 18.4 Å². The van der Waals surface area contributed by atoms with Gasteiger partial charge in [0.2, 0.25) is 0 Å². The molecule has 2 rings (SSSR count). The lowest BCUT2D eigenvalue weighted by molar-refractivity contribution is 0.161. The van der Waals surface area contributed by atoms with E-state index >= 15 is 0 Å². The molecule has 3 heteroatoms. The number of nitrogens with zero attached hydrogens (tertiary/aromatic N) is 3. The number of rotatable bonds is 1. The molecule has 76 valence electrons. The molecule has 1 aliphatic carbocycles. The molecule has 3 nitrogen and oxygen atoms in total. The van der Waals surface area contributed by atoms with E-state index < -0.39 is 10.8 Å². The minimum Gasteiger partial charge on any atom is -0.197 e. The van der Waals surface area contributed by atoms with Crippen molar-refractivity contribution in [2.24, 2.45) is 5.41 Å². The van der Waals surface area contributed by atoms with E-state index in [0.29, 0.717) is 12.8 Å². The van der Waals surface area contributed by atoms with Gasteiger partial charge >= 0.3 is 0 Å². The second-order valence-corrected chi connectivity index (χ2v) is 4.01. The molecule has 0 aliphatic heterocycles. The molecule has 1 atom stereocenters. The Morgan fingerprint density at radius 3 is 1.88 bits per heavy atom. The third kappa shape index (κ3) is 0.992. The van der Waals surface area contributed by atoms with Crippen LogP contribution in [-0.4, -0.2) is 0 Å². The van der Waals surface area contributed by atoms with Crippen molar-refractivity contribution < 1.29 is 0 Å². The zero-order chi connectivity index (χ0) is 11.6. The van der Waals surface area contributed by atoms with Gasteiger partial charge in [-0.2, -0.15) is 15.8 Å². The van der Waals surface area contributed by atoms with Crippen LogP contribution < -0.4 is 0 Å². The van der Waals surface area contributed by atoms with Crippen molar-refractivity contribution in [3.63, 3.8) is 0 Å². The Balaban J connectivity index is 2.58. The quantitative estimate of drug-likeness (QED) is 0.709. The Bertz CT molecular complexity index is 513. The number of hydrogen-bond acceptors (Lipinski definition) is 3. The maximum atomic E-state index is 9.34. The third-order valence-electron chi connectivity index (χ3n) is 3.44. The average Bonchev–Trinajstić information content (AvgIpc) is 2.33. The Morgan fingerprint density at radius 1 is 0.875 bits per heavy atom. The summed E-state index contributed by atoms with van der Waals surface area (Å²) in [6.07, 6.45) is 1.05. The van der Waals surface area contributed by atoms with Crippen molar-refractivity contribution in [1.29, 1.82) is 15.8 Å². The molecule has 1 aliphatic rings. The van der Waals surface area contributed by atoms with Gasteiger partial charge in [-0.25, -0.2) is 0 Å². The lowest BCUT2D eigenvalue weighted by atomic mass is 9.48. The molecule has 1 saturated carbocycles. The van der Waals surface area contributed by atoms with Crippen LogP contribution in [0.5, 0.6) is 0 Å². The van der Waals surface area contributed by atoms with Crippen molar-refractivity contribution in [2.45, 2.75) is 18.3 Å². The molecule has 0 spiro atoms. The van der Waals surface area contributed by atoms with E-state index in [4.69, 9.17) is 10.5 Å². The van der Waals surface area contributed by atoms with Crippen molar-refractivity contribution in [2.75, 3.05) is 0 Å². The van der Waals surface area contributed by atoms with Crippen LogP contribution in [0.2, 0.25) is 0 Å². The largest absolute Gasteiger partial charge is 0.197 e. The molecule has 0 radical (unpaired) electrons. The highest BCUT2D eigenvalue weighted by Gasteiger charge is 2.62. The minimum atomic E-state index is -1.18. The van der Waals surface area contributed by atoms with Gasteiger partial charge in [-0.3, -0.25) is 0 Å². The van der Waals surface area contributed by atoms with E-state index in [-0.39, 0.29) is 0 Å². The smallest absolute Gasteiger partial charge is 0.166 e. The Morgan fingerprint density at radius 2 is 1.50 bits per heavy atom. The topological polar surface area (TPSA) is 71.4 Å². The van der Waals surface area contributed by atoms with E-state index in [1.54, 1.807) is 0 Å². The summed E-state index contributed by atoms with van der Waals surface area (Å²) < 4.78 is 0. The van der Waals surface area contributed by atoms with Gasteiger partial charge in [0.15, 0.2) is 5.41 Å². The van der Waals surface area contributed by atoms with Crippen LogP contribution in [0.15, 0.2) is 30.3 Å². The van der Waals surface area contributed by atoms with Crippen molar-refractivity contribution >= 4 is 0 Å². The average molecular weight is 207 g/mol. The Kier molecular flexibility index (Phi) is 2.15. The van der Waals surface area contributed by atoms with Gasteiger partial charge in [0, 0.05) is 0 Å². The normalized spacial score (nSPS) is 25.6. The lowest BCUT2D eigenvalue weighted by Crippen LogP contribution is -2.52. The van der Waals surface area contributed by atoms with Gasteiger partial charge < -0.3 is 0 Å². The fourth-order valence-corrected chi connectivity index (χ4v) is 2.28. The van der Waals surface area contributed by atoms with Gasteiger partial charge in [0.05, 0.1) is 18.2 Å². The van der Waals surface area contributed by atoms with Crippen LogP contribution in [0.4, 0.5) is 0 Å². The van der Waals surface area contributed by atoms with Crippen LogP contribution in [0.25, 0.3) is 0 Å². The molecule has 0 bridgehead atoms. The number of nitriles is 3. The maximum Gasteiger partial charge on any atom is 0.166 e. The lowest BCUT2D eigenvalue weighted by Gasteiger charge is -2.46. The standard InChI is InChI=1S/C13H9N3/c14-8-12(9-15)6-7-13(12,10-16)11-4-2-1-3-5-11/h1-5H,6-7H2. The summed E-state index contributed by atoms with van der Waals surface area (Å²) in [5.74, 6) is 0. The second-order valence-electron chi connectivity index (χ2n) is 4.01. The Labute approximate surface area is 94.2 Å². The summed E-state index contributed by atoms with van der Waals surface area (Å²) in [5.41, 5.74) is -1.35. The SMILES string of the molecule is N#CC1(C#N)CCC1(C#N)c1ccccc1. The number of benzene rings is 1. The first-order chi connectivity index (χ1) is 7.74. The van der Waals surface area contributed by atoms with Gasteiger partial charge in [0.25, 0.3) is 0 Å². The van der Waals surface area contributed by atoms with E-state index in [1.807, 2.05) is 42.5 Å². The molecular weight excluding hydrogens is 198 g/mol. The minimum absolute atomic E-state index is 0.475. The molecule has 0 aromatic heterocycles. The zero-order valence-electron chi connectivity index (χ0n) is 8.64. The summed E-state index contributed by atoms with van der Waals surface area (Å²) in [4.78, 5) is 0. The van der Waals surface area contributed by atoms with E-state index in [9.17, 15) is 5.26 Å². The summed E-state index contributed by atoms with van der Waals surface area (Å²) in [7, 11) is 0. The molecule has 0 heterocycles. The molecule has 0 amide bonds. The summed E-state index contributed by atoms with van der Waals surface area (Å²) in [5, 5.41) is 27.6. The predicted octanol–water partition coefficient (Wildman–Crippen LogP) is 2.28. The van der Waals surface area contributed by atoms with Crippen molar-refractivity contribution in [3.8, 4) is 18.2 Å². The van der Waals surface area contributed by atoms with Gasteiger partial charge in [-0.15, -0.1) is 0 Å². The first-order valence-electron chi connectivity index (χ1n) is 5.04. The summed E-state index contributed by atoms with van der Waals surface area (Å²) in [6.45, 7) is 0. The fraction of sp³-hybridized carbons (Fsp3) is 0.308. The Hall–Kier alpha value is -2.31. The van der Waals surface area contributed by atoms with Crippen molar-refractivity contribution in [3.05, 3.63) is 35.9 Å². The molecule has 0 N–H and O–H groups in total. The van der Waals surface area contributed by atoms with Crippen LogP contribution in [0.3, 0.4) is 0 Å². The molecular formula is C13H9N3. The highest BCUT2D eigenvalue weighted by atomic mass is 14.6. The highest BCUT2D eigenvalue weighted by Crippen LogP contribution is 2.57. The monoisotopic (exact) mass is 207 g/mol.